The second-order valence-corrected chi connectivity index (χ2v) is 8.79. The largest absolute Gasteiger partial charge is 0.394 e. The number of rotatable bonds is 12. The summed E-state index contributed by atoms with van der Waals surface area (Å²) in [4.78, 5) is 24.4. The van der Waals surface area contributed by atoms with Gasteiger partial charge >= 0.3 is 0 Å². The normalized spacial score (nSPS) is 37.6. The molecule has 2 aliphatic rings. The third kappa shape index (κ3) is 7.58. The summed E-state index contributed by atoms with van der Waals surface area (Å²) in [5, 5.41) is 46.7. The van der Waals surface area contributed by atoms with Crippen LogP contribution in [0.15, 0.2) is 0 Å². The maximum absolute atomic E-state index is 12.2. The lowest BCUT2D eigenvalue weighted by Gasteiger charge is -2.48. The molecule has 2 fully saturated rings. The molecule has 2 aliphatic heterocycles. The van der Waals surface area contributed by atoms with Crippen LogP contribution in [0, 0.1) is 0 Å². The highest BCUT2D eigenvalue weighted by molar-refractivity contribution is 6.19. The van der Waals surface area contributed by atoms with E-state index in [1.54, 1.807) is 0 Å². The molecule has 15 heteroatoms. The zero-order chi connectivity index (χ0) is 26.1. The van der Waals surface area contributed by atoms with Crippen molar-refractivity contribution >= 4 is 35.0 Å². The van der Waals surface area contributed by atoms with Gasteiger partial charge in [0.15, 0.2) is 12.6 Å². The Bertz CT molecular complexity index is 679. The maximum atomic E-state index is 12.2. The second-order valence-electron chi connectivity index (χ2n) is 8.03. The van der Waals surface area contributed by atoms with Crippen LogP contribution in [0.2, 0.25) is 0 Å². The second kappa shape index (κ2) is 14.8. The lowest BCUT2D eigenvalue weighted by Crippen LogP contribution is -2.69. The van der Waals surface area contributed by atoms with E-state index in [4.69, 9.17) is 46.9 Å². The van der Waals surface area contributed by atoms with Crippen LogP contribution >= 0.6 is 23.2 Å². The average Bonchev–Trinajstić information content (AvgIpc) is 2.83. The molecule has 0 bridgehead atoms. The fraction of sp³-hybridized carbons (Fsp3) is 0.900. The highest BCUT2D eigenvalue weighted by atomic mass is 35.5. The van der Waals surface area contributed by atoms with Gasteiger partial charge in [0.1, 0.15) is 48.7 Å². The molecule has 35 heavy (non-hydrogen) atoms. The number of carbonyl (C=O) groups is 2. The number of aliphatic hydroxyl groups is 4. The minimum atomic E-state index is -1.47. The summed E-state index contributed by atoms with van der Waals surface area (Å²) in [7, 11) is 2.60. The summed E-state index contributed by atoms with van der Waals surface area (Å²) < 4.78 is 27.8. The van der Waals surface area contributed by atoms with Gasteiger partial charge in [-0.3, -0.25) is 9.59 Å². The average molecular weight is 549 g/mol. The molecule has 0 aliphatic carbocycles. The zero-order valence-corrected chi connectivity index (χ0v) is 20.9. The summed E-state index contributed by atoms with van der Waals surface area (Å²) in [6.07, 6.45) is -9.97. The van der Waals surface area contributed by atoms with Gasteiger partial charge in [-0.15, -0.1) is 23.2 Å². The maximum Gasteiger partial charge on any atom is 0.221 e. The number of alkyl halides is 2. The van der Waals surface area contributed by atoms with Gasteiger partial charge in [-0.25, -0.2) is 0 Å². The zero-order valence-electron chi connectivity index (χ0n) is 19.4. The van der Waals surface area contributed by atoms with E-state index in [1.807, 2.05) is 0 Å². The number of nitrogens with one attached hydrogen (secondary N) is 2. The molecular weight excluding hydrogens is 515 g/mol. The van der Waals surface area contributed by atoms with Crippen LogP contribution in [0.3, 0.4) is 0 Å². The van der Waals surface area contributed by atoms with E-state index in [-0.39, 0.29) is 24.6 Å². The molecule has 2 heterocycles. The summed E-state index contributed by atoms with van der Waals surface area (Å²) in [6, 6.07) is -2.31. The fourth-order valence-electron chi connectivity index (χ4n) is 4.06. The van der Waals surface area contributed by atoms with Gasteiger partial charge in [0.2, 0.25) is 11.8 Å². The molecule has 6 N–H and O–H groups in total. The van der Waals surface area contributed by atoms with E-state index in [2.05, 4.69) is 10.6 Å². The van der Waals surface area contributed by atoms with E-state index in [0.717, 1.165) is 0 Å². The molecule has 0 radical (unpaired) electrons. The summed E-state index contributed by atoms with van der Waals surface area (Å²) in [5.74, 6) is -0.914. The van der Waals surface area contributed by atoms with E-state index in [9.17, 15) is 30.0 Å². The standard InChI is InChI=1S/C20H34Cl2N2O11/c1-31-17-9(7-25)34-20(14(15(17)29)24-12(28)4-6-22)35-18-10(8-26)33-19(32-2)13(16(18)30)23-11(27)3-5-21/h9-10,13-20,25-26,29-30H,3-8H2,1-2H3,(H,23,27)(H,24,28). The lowest BCUT2D eigenvalue weighted by molar-refractivity contribution is -0.331. The van der Waals surface area contributed by atoms with E-state index >= 15 is 0 Å². The number of halogens is 2. The van der Waals surface area contributed by atoms with Gasteiger partial charge in [-0.1, -0.05) is 0 Å². The molecular formula is C20H34Cl2N2O11. The molecule has 2 amide bonds. The summed E-state index contributed by atoms with van der Waals surface area (Å²) >= 11 is 11.2. The quantitative estimate of drug-likeness (QED) is 0.141. The van der Waals surface area contributed by atoms with Crippen molar-refractivity contribution < 1.29 is 53.7 Å². The number of ether oxygens (including phenoxy) is 5. The third-order valence-corrected chi connectivity index (χ3v) is 6.18. The Morgan fingerprint density at radius 2 is 1.26 bits per heavy atom. The van der Waals surface area contributed by atoms with Gasteiger partial charge in [0, 0.05) is 38.8 Å². The lowest BCUT2D eigenvalue weighted by atomic mass is 9.94. The Morgan fingerprint density at radius 1 is 0.800 bits per heavy atom. The predicted octanol–water partition coefficient (Wildman–Crippen LogP) is -2.58. The molecule has 2 rings (SSSR count). The number of carbonyl (C=O) groups excluding carboxylic acids is 2. The fourth-order valence-corrected chi connectivity index (χ4v) is 4.40. The van der Waals surface area contributed by atoms with Crippen LogP contribution in [0.4, 0.5) is 0 Å². The van der Waals surface area contributed by atoms with E-state index < -0.39 is 86.3 Å². The van der Waals surface area contributed by atoms with Crippen molar-refractivity contribution in [1.29, 1.82) is 0 Å². The molecule has 0 aromatic rings. The van der Waals surface area contributed by atoms with Gasteiger partial charge in [-0.2, -0.15) is 0 Å². The van der Waals surface area contributed by atoms with Crippen LogP contribution in [-0.4, -0.2) is 133 Å². The number of hydrogen-bond acceptors (Lipinski definition) is 11. The molecule has 10 atom stereocenters. The smallest absolute Gasteiger partial charge is 0.221 e. The monoisotopic (exact) mass is 548 g/mol. The van der Waals surface area contributed by atoms with Crippen molar-refractivity contribution in [3.63, 3.8) is 0 Å². The molecule has 10 unspecified atom stereocenters. The van der Waals surface area contributed by atoms with E-state index in [0.29, 0.717) is 0 Å². The summed E-state index contributed by atoms with van der Waals surface area (Å²) in [5.41, 5.74) is 0. The van der Waals surface area contributed by atoms with Gasteiger partial charge in [0.25, 0.3) is 0 Å². The first kappa shape index (κ1) is 30.4. The van der Waals surface area contributed by atoms with Crippen LogP contribution in [0.1, 0.15) is 12.8 Å². The van der Waals surface area contributed by atoms with E-state index in [1.165, 1.54) is 14.2 Å². The first-order valence-corrected chi connectivity index (χ1v) is 12.1. The molecule has 0 saturated carbocycles. The SMILES string of the molecule is COC1OC(CO)C(OC2OC(CO)C(OC)C(O)C2NC(=O)CCCl)C(O)C1NC(=O)CCCl. The number of amides is 2. The topological polar surface area (TPSA) is 185 Å². The highest BCUT2D eigenvalue weighted by Crippen LogP contribution is 2.30. The van der Waals surface area contributed by atoms with Crippen molar-refractivity contribution in [2.45, 2.75) is 74.1 Å². The van der Waals surface area contributed by atoms with Crippen LogP contribution in [0.25, 0.3) is 0 Å². The Morgan fingerprint density at radius 3 is 1.71 bits per heavy atom. The Labute approximate surface area is 212 Å². The number of hydrogen-bond donors (Lipinski definition) is 6. The van der Waals surface area contributed by atoms with Gasteiger partial charge in [-0.05, 0) is 0 Å². The van der Waals surface area contributed by atoms with Crippen LogP contribution < -0.4 is 10.6 Å². The molecule has 13 nitrogen and oxygen atoms in total. The number of aliphatic hydroxyl groups excluding tert-OH is 4. The molecule has 0 spiro atoms. The first-order chi connectivity index (χ1) is 16.8. The van der Waals surface area contributed by atoms with Crippen molar-refractivity contribution in [2.24, 2.45) is 0 Å². The minimum Gasteiger partial charge on any atom is -0.394 e. The molecule has 0 aromatic heterocycles. The van der Waals surface area contributed by atoms with Crippen LogP contribution in [-0.2, 0) is 33.3 Å². The first-order valence-electron chi connectivity index (χ1n) is 11.1. The molecule has 204 valence electrons. The van der Waals surface area contributed by atoms with Gasteiger partial charge in [0.05, 0.1) is 13.2 Å². The molecule has 0 aromatic carbocycles. The Hall–Kier alpha value is -0.840. The predicted molar refractivity (Wildman–Crippen MR) is 121 cm³/mol. The van der Waals surface area contributed by atoms with Crippen molar-refractivity contribution in [3.8, 4) is 0 Å². The van der Waals surface area contributed by atoms with Crippen molar-refractivity contribution in [2.75, 3.05) is 39.2 Å². The number of methoxy groups -OCH3 is 2. The minimum absolute atomic E-state index is 0.0256. The van der Waals surface area contributed by atoms with Crippen molar-refractivity contribution in [1.82, 2.24) is 10.6 Å². The van der Waals surface area contributed by atoms with Crippen LogP contribution in [0.5, 0.6) is 0 Å². The Balaban J connectivity index is 2.31. The van der Waals surface area contributed by atoms with Crippen molar-refractivity contribution in [3.05, 3.63) is 0 Å². The molecule has 2 saturated heterocycles. The summed E-state index contributed by atoms with van der Waals surface area (Å²) in [6.45, 7) is -1.15. The third-order valence-electron chi connectivity index (χ3n) is 5.80. The van der Waals surface area contributed by atoms with Gasteiger partial charge < -0.3 is 54.7 Å². The highest BCUT2D eigenvalue weighted by Gasteiger charge is 2.52. The Kier molecular flexibility index (Phi) is 12.8.